The Morgan fingerprint density at radius 1 is 1.14 bits per heavy atom. The highest BCUT2D eigenvalue weighted by atomic mass is 32.2. The molecule has 0 aromatic heterocycles. The molecule has 0 N–H and O–H groups in total. The maximum atomic E-state index is 5.48. The van der Waals surface area contributed by atoms with Gasteiger partial charge in [-0.3, -0.25) is 4.90 Å². The van der Waals surface area contributed by atoms with Gasteiger partial charge in [0.15, 0.2) is 0 Å². The Morgan fingerprint density at radius 2 is 1.91 bits per heavy atom. The Morgan fingerprint density at radius 3 is 2.68 bits per heavy atom. The normalized spacial score (nSPS) is 27.3. The van der Waals surface area contributed by atoms with E-state index in [1.165, 1.54) is 31.0 Å². The van der Waals surface area contributed by atoms with Gasteiger partial charge in [0.05, 0.1) is 13.2 Å². The van der Waals surface area contributed by atoms with Crippen LogP contribution in [0.5, 0.6) is 0 Å². The van der Waals surface area contributed by atoms with E-state index < -0.39 is 0 Å². The predicted molar refractivity (Wildman–Crippen MR) is 94.4 cm³/mol. The van der Waals surface area contributed by atoms with E-state index in [9.17, 15) is 0 Å². The first kappa shape index (κ1) is 16.3. The van der Waals surface area contributed by atoms with Crippen LogP contribution >= 0.6 is 11.8 Å². The van der Waals surface area contributed by atoms with Gasteiger partial charge >= 0.3 is 0 Å². The molecule has 0 saturated carbocycles. The summed E-state index contributed by atoms with van der Waals surface area (Å²) in [4.78, 5) is 5.30. The number of hydrogen-bond donors (Lipinski definition) is 0. The number of thioether (sulfide) groups is 1. The van der Waals surface area contributed by atoms with Crippen molar-refractivity contribution in [3.63, 3.8) is 0 Å². The third-order valence-electron chi connectivity index (χ3n) is 4.83. The highest BCUT2D eigenvalue weighted by Crippen LogP contribution is 2.23. The summed E-state index contributed by atoms with van der Waals surface area (Å²) in [5, 5.41) is 0. The zero-order valence-corrected chi connectivity index (χ0v) is 14.4. The molecule has 2 aliphatic rings. The molecule has 0 bridgehead atoms. The average molecular weight is 321 g/mol. The number of ether oxygens (including phenoxy) is 1. The molecule has 2 fully saturated rings. The van der Waals surface area contributed by atoms with Crippen LogP contribution < -0.4 is 0 Å². The fraction of sp³-hybridized carbons (Fsp3) is 0.667. The Kier molecular flexibility index (Phi) is 6.19. The van der Waals surface area contributed by atoms with Crippen molar-refractivity contribution in [2.24, 2.45) is 5.92 Å². The molecule has 122 valence electrons. The van der Waals surface area contributed by atoms with Crippen LogP contribution in [0.2, 0.25) is 0 Å². The molecule has 22 heavy (non-hydrogen) atoms. The predicted octanol–water partition coefficient (Wildman–Crippen LogP) is 2.57. The van der Waals surface area contributed by atoms with Gasteiger partial charge in [0.25, 0.3) is 0 Å². The SMILES string of the molecule is C[C@H]1CN(CCSCc2ccccc2)C[C@@H]1N1CCOCC1. The Bertz CT molecular complexity index is 436. The fourth-order valence-corrected chi connectivity index (χ4v) is 4.53. The molecule has 0 radical (unpaired) electrons. The van der Waals surface area contributed by atoms with Gasteiger partial charge in [-0.05, 0) is 11.5 Å². The van der Waals surface area contributed by atoms with Gasteiger partial charge in [-0.1, -0.05) is 37.3 Å². The zero-order chi connectivity index (χ0) is 15.2. The van der Waals surface area contributed by atoms with Crippen LogP contribution in [0.3, 0.4) is 0 Å². The van der Waals surface area contributed by atoms with Crippen molar-refractivity contribution < 1.29 is 4.74 Å². The molecule has 0 unspecified atom stereocenters. The van der Waals surface area contributed by atoms with Gasteiger partial charge in [0.1, 0.15) is 0 Å². The average Bonchev–Trinajstić information content (AvgIpc) is 2.94. The van der Waals surface area contributed by atoms with E-state index in [2.05, 4.69) is 58.8 Å². The Balaban J connectivity index is 1.37. The molecule has 3 rings (SSSR count). The highest BCUT2D eigenvalue weighted by molar-refractivity contribution is 7.98. The van der Waals surface area contributed by atoms with E-state index in [-0.39, 0.29) is 0 Å². The van der Waals surface area contributed by atoms with E-state index in [0.717, 1.165) is 44.0 Å². The van der Waals surface area contributed by atoms with Crippen LogP contribution in [0.1, 0.15) is 12.5 Å². The minimum Gasteiger partial charge on any atom is -0.379 e. The Hall–Kier alpha value is -0.550. The largest absolute Gasteiger partial charge is 0.379 e. The lowest BCUT2D eigenvalue weighted by molar-refractivity contribution is 0.0119. The van der Waals surface area contributed by atoms with E-state index >= 15 is 0 Å². The minimum absolute atomic E-state index is 0.739. The summed E-state index contributed by atoms with van der Waals surface area (Å²) in [5.74, 6) is 3.16. The molecule has 0 aliphatic carbocycles. The summed E-state index contributed by atoms with van der Waals surface area (Å²) in [7, 11) is 0. The van der Waals surface area contributed by atoms with Gasteiger partial charge in [-0.2, -0.15) is 11.8 Å². The van der Waals surface area contributed by atoms with Crippen LogP contribution in [-0.4, -0.2) is 67.5 Å². The van der Waals surface area contributed by atoms with Crippen molar-refractivity contribution in [2.45, 2.75) is 18.7 Å². The molecule has 1 aromatic rings. The van der Waals surface area contributed by atoms with E-state index in [1.807, 2.05) is 0 Å². The summed E-state index contributed by atoms with van der Waals surface area (Å²) in [5.41, 5.74) is 1.44. The quantitative estimate of drug-likeness (QED) is 0.748. The number of hydrogen-bond acceptors (Lipinski definition) is 4. The molecule has 2 heterocycles. The van der Waals surface area contributed by atoms with Gasteiger partial charge < -0.3 is 9.64 Å². The lowest BCUT2D eigenvalue weighted by Gasteiger charge is -2.34. The molecular formula is C18H28N2OS. The number of morpholine rings is 1. The second-order valence-corrected chi connectivity index (χ2v) is 7.60. The number of benzene rings is 1. The van der Waals surface area contributed by atoms with Crippen molar-refractivity contribution in [2.75, 3.05) is 51.7 Å². The smallest absolute Gasteiger partial charge is 0.0594 e. The molecular weight excluding hydrogens is 292 g/mol. The maximum absolute atomic E-state index is 5.48. The van der Waals surface area contributed by atoms with Crippen LogP contribution in [0.4, 0.5) is 0 Å². The molecule has 2 atom stereocenters. The number of nitrogens with zero attached hydrogens (tertiary/aromatic N) is 2. The molecule has 1 aromatic carbocycles. The molecule has 0 spiro atoms. The molecule has 2 saturated heterocycles. The number of likely N-dealkylation sites (tertiary alicyclic amines) is 1. The summed E-state index contributed by atoms with van der Waals surface area (Å²) in [6, 6.07) is 11.5. The van der Waals surface area contributed by atoms with E-state index in [1.54, 1.807) is 0 Å². The second-order valence-electron chi connectivity index (χ2n) is 6.49. The summed E-state index contributed by atoms with van der Waals surface area (Å²) >= 11 is 2.06. The second kappa shape index (κ2) is 8.34. The monoisotopic (exact) mass is 320 g/mol. The third kappa shape index (κ3) is 4.48. The van der Waals surface area contributed by atoms with Crippen LogP contribution in [0.15, 0.2) is 30.3 Å². The topological polar surface area (TPSA) is 15.7 Å². The first-order chi connectivity index (χ1) is 10.8. The van der Waals surface area contributed by atoms with Crippen molar-refractivity contribution in [3.8, 4) is 0 Å². The lowest BCUT2D eigenvalue weighted by atomic mass is 10.0. The van der Waals surface area contributed by atoms with Crippen LogP contribution in [-0.2, 0) is 10.5 Å². The third-order valence-corrected chi connectivity index (χ3v) is 5.84. The minimum atomic E-state index is 0.739. The number of rotatable bonds is 6. The Labute approximate surface area is 139 Å². The van der Waals surface area contributed by atoms with Crippen LogP contribution in [0, 0.1) is 5.92 Å². The first-order valence-corrected chi connectivity index (χ1v) is 9.64. The van der Waals surface area contributed by atoms with Gasteiger partial charge in [0.2, 0.25) is 0 Å². The summed E-state index contributed by atoms with van der Waals surface area (Å²) in [6.07, 6.45) is 0. The summed E-state index contributed by atoms with van der Waals surface area (Å²) in [6.45, 7) is 10.2. The molecule has 3 nitrogen and oxygen atoms in total. The highest BCUT2D eigenvalue weighted by Gasteiger charge is 2.33. The van der Waals surface area contributed by atoms with Crippen molar-refractivity contribution >= 4 is 11.8 Å². The van der Waals surface area contributed by atoms with Gasteiger partial charge in [0, 0.05) is 50.3 Å². The molecule has 4 heteroatoms. The molecule has 0 amide bonds. The standard InChI is InChI=1S/C18H28N2OS/c1-16-13-19(14-18(16)20-7-10-21-11-8-20)9-12-22-15-17-5-3-2-4-6-17/h2-6,16,18H,7-15H2,1H3/t16-,18-/m0/s1. The van der Waals surface area contributed by atoms with Gasteiger partial charge in [-0.15, -0.1) is 0 Å². The lowest BCUT2D eigenvalue weighted by Crippen LogP contribution is -2.46. The molecule has 2 aliphatic heterocycles. The van der Waals surface area contributed by atoms with Crippen molar-refractivity contribution in [3.05, 3.63) is 35.9 Å². The first-order valence-electron chi connectivity index (χ1n) is 8.49. The maximum Gasteiger partial charge on any atom is 0.0594 e. The van der Waals surface area contributed by atoms with Crippen molar-refractivity contribution in [1.29, 1.82) is 0 Å². The van der Waals surface area contributed by atoms with E-state index in [0.29, 0.717) is 0 Å². The van der Waals surface area contributed by atoms with Crippen molar-refractivity contribution in [1.82, 2.24) is 9.80 Å². The summed E-state index contributed by atoms with van der Waals surface area (Å²) < 4.78 is 5.48. The van der Waals surface area contributed by atoms with Gasteiger partial charge in [-0.25, -0.2) is 0 Å². The zero-order valence-electron chi connectivity index (χ0n) is 13.6. The van der Waals surface area contributed by atoms with Crippen LogP contribution in [0.25, 0.3) is 0 Å². The fourth-order valence-electron chi connectivity index (χ4n) is 3.57. The van der Waals surface area contributed by atoms with E-state index in [4.69, 9.17) is 4.74 Å².